The predicted molar refractivity (Wildman–Crippen MR) is 114 cm³/mol. The number of benzene rings is 2. The average Bonchev–Trinajstić information content (AvgIpc) is 3.30. The molecule has 2 amide bonds. The van der Waals surface area contributed by atoms with Crippen molar-refractivity contribution >= 4 is 17.7 Å². The van der Waals surface area contributed by atoms with E-state index in [1.807, 2.05) is 0 Å². The summed E-state index contributed by atoms with van der Waals surface area (Å²) in [5.41, 5.74) is 2.46. The Morgan fingerprint density at radius 1 is 1.15 bits per heavy atom. The maximum atomic E-state index is 12.7. The van der Waals surface area contributed by atoms with Crippen molar-refractivity contribution in [2.45, 2.75) is 12.2 Å². The van der Waals surface area contributed by atoms with Crippen LogP contribution in [0.3, 0.4) is 0 Å². The minimum absolute atomic E-state index is 0.104. The number of fused-ring (bicyclic) bond motifs is 1. The second-order valence-corrected chi connectivity index (χ2v) is 6.70. The van der Waals surface area contributed by atoms with Gasteiger partial charge in [0, 0.05) is 24.9 Å². The Morgan fingerprint density at radius 2 is 1.91 bits per heavy atom. The van der Waals surface area contributed by atoms with Gasteiger partial charge in [-0.2, -0.15) is 0 Å². The Bertz CT molecular complexity index is 978. The van der Waals surface area contributed by atoms with Crippen LogP contribution in [0.5, 0.6) is 17.2 Å². The summed E-state index contributed by atoms with van der Waals surface area (Å²) in [6.45, 7) is 0.112. The van der Waals surface area contributed by atoms with Crippen LogP contribution in [0.15, 0.2) is 54.6 Å². The normalized spacial score (nSPS) is 13.9. The third kappa shape index (κ3) is 6.59. The second kappa shape index (κ2) is 11.7. The lowest BCUT2D eigenvalue weighted by Crippen LogP contribution is -2.27. The fraction of sp³-hybridized carbons (Fsp3) is 0.273. The van der Waals surface area contributed by atoms with Crippen molar-refractivity contribution in [3.8, 4) is 17.2 Å². The number of hydrogen-bond donors (Lipinski definition) is 4. The molecule has 0 unspecified atom stereocenters. The number of nitrogens with one attached hydrogen (secondary N) is 2. The molecule has 1 aliphatic heterocycles. The van der Waals surface area contributed by atoms with Gasteiger partial charge in [-0.05, 0) is 35.9 Å². The monoisotopic (exact) mass is 460 g/mol. The molecule has 0 aliphatic carbocycles. The summed E-state index contributed by atoms with van der Waals surface area (Å²) in [6.07, 6.45) is -0.201. The molecule has 11 heteroatoms. The summed E-state index contributed by atoms with van der Waals surface area (Å²) in [7, 11) is 1.39. The van der Waals surface area contributed by atoms with Crippen LogP contribution in [0, 0.1) is 0 Å². The molecule has 1 heterocycles. The Hall–Kier alpha value is -3.80. The molecule has 2 aromatic carbocycles. The van der Waals surface area contributed by atoms with Gasteiger partial charge in [0.15, 0.2) is 17.6 Å². The van der Waals surface area contributed by atoms with Crippen LogP contribution in [-0.4, -0.2) is 55.5 Å². The zero-order valence-corrected chi connectivity index (χ0v) is 17.7. The topological polar surface area (TPSA) is 145 Å². The fourth-order valence-electron chi connectivity index (χ4n) is 3.00. The zero-order chi connectivity index (χ0) is 23.6. The Balaban J connectivity index is 1.78. The summed E-state index contributed by atoms with van der Waals surface area (Å²) in [4.78, 5) is 24.1. The number of ether oxygens (including phenoxy) is 5. The Kier molecular flexibility index (Phi) is 8.47. The van der Waals surface area contributed by atoms with Crippen LogP contribution in [0.25, 0.3) is 0 Å². The molecule has 176 valence electrons. The van der Waals surface area contributed by atoms with Gasteiger partial charge in [-0.15, -0.1) is 0 Å². The second-order valence-electron chi connectivity index (χ2n) is 6.70. The molecule has 11 nitrogen and oxygen atoms in total. The van der Waals surface area contributed by atoms with E-state index >= 15 is 0 Å². The van der Waals surface area contributed by atoms with Gasteiger partial charge >= 0.3 is 6.09 Å². The van der Waals surface area contributed by atoms with E-state index in [0.29, 0.717) is 28.5 Å². The maximum Gasteiger partial charge on any atom is 0.412 e. The first-order valence-electron chi connectivity index (χ1n) is 9.90. The van der Waals surface area contributed by atoms with E-state index in [1.54, 1.807) is 42.5 Å². The van der Waals surface area contributed by atoms with Gasteiger partial charge in [-0.25, -0.2) is 10.3 Å². The third-order valence-corrected chi connectivity index (χ3v) is 4.54. The molecule has 1 aliphatic rings. The number of aliphatic hydroxyl groups is 1. The highest BCUT2D eigenvalue weighted by Crippen LogP contribution is 2.34. The van der Waals surface area contributed by atoms with Gasteiger partial charge in [0.1, 0.15) is 18.5 Å². The van der Waals surface area contributed by atoms with Crippen molar-refractivity contribution in [2.75, 3.05) is 32.4 Å². The van der Waals surface area contributed by atoms with E-state index in [-0.39, 0.29) is 20.0 Å². The third-order valence-electron chi connectivity index (χ3n) is 4.54. The average molecular weight is 460 g/mol. The SMILES string of the molecule is CO[C@@H](/C=C/C(=O)NO)[C@@H](OC(=O)Nc1ccc2c(c1)OCO2)c1ccc(OCCO)cc1. The zero-order valence-electron chi connectivity index (χ0n) is 17.7. The first-order chi connectivity index (χ1) is 16.0. The molecule has 2 aromatic rings. The summed E-state index contributed by atoms with van der Waals surface area (Å²) in [5, 5.41) is 20.2. The number of hydroxylamine groups is 1. The molecule has 33 heavy (non-hydrogen) atoms. The van der Waals surface area contributed by atoms with Gasteiger partial charge in [0.2, 0.25) is 6.79 Å². The largest absolute Gasteiger partial charge is 0.491 e. The van der Waals surface area contributed by atoms with E-state index in [0.717, 1.165) is 6.08 Å². The lowest BCUT2D eigenvalue weighted by Gasteiger charge is -2.24. The molecule has 3 rings (SSSR count). The number of anilines is 1. The molecular formula is C22H24N2O9. The number of hydrogen-bond acceptors (Lipinski definition) is 9. The molecule has 0 fully saturated rings. The lowest BCUT2D eigenvalue weighted by atomic mass is 10.0. The van der Waals surface area contributed by atoms with Crippen LogP contribution >= 0.6 is 0 Å². The smallest absolute Gasteiger partial charge is 0.412 e. The van der Waals surface area contributed by atoms with Crippen LogP contribution in [0.1, 0.15) is 11.7 Å². The van der Waals surface area contributed by atoms with Crippen molar-refractivity contribution in [3.63, 3.8) is 0 Å². The molecule has 4 N–H and O–H groups in total. The molecule has 0 bridgehead atoms. The molecule has 0 radical (unpaired) electrons. The van der Waals surface area contributed by atoms with Gasteiger partial charge in [0.05, 0.1) is 6.61 Å². The van der Waals surface area contributed by atoms with Crippen LogP contribution < -0.4 is 25.0 Å². The standard InChI is InChI=1S/C22H24N2O9/c1-29-18(8-9-20(26)24-28)21(14-2-5-16(6-3-14)30-11-10-25)33-22(27)23-15-4-7-17-19(12-15)32-13-31-17/h2-9,12,18,21,25,28H,10-11,13H2,1H3,(H,23,27)(H,24,26)/b9-8+/t18-,21-/m0/s1. The summed E-state index contributed by atoms with van der Waals surface area (Å²) >= 11 is 0. The molecule has 0 saturated heterocycles. The number of carbonyl (C=O) groups is 2. The molecule has 0 saturated carbocycles. The van der Waals surface area contributed by atoms with E-state index < -0.39 is 24.2 Å². The van der Waals surface area contributed by atoms with Crippen molar-refractivity contribution in [1.82, 2.24) is 5.48 Å². The van der Waals surface area contributed by atoms with Gasteiger partial charge < -0.3 is 28.8 Å². The van der Waals surface area contributed by atoms with Gasteiger partial charge in [-0.1, -0.05) is 12.1 Å². The van der Waals surface area contributed by atoms with Crippen LogP contribution in [0.2, 0.25) is 0 Å². The number of methoxy groups -OCH3 is 1. The highest BCUT2D eigenvalue weighted by Gasteiger charge is 2.26. The van der Waals surface area contributed by atoms with Crippen molar-refractivity contribution in [3.05, 3.63) is 60.2 Å². The van der Waals surface area contributed by atoms with E-state index in [9.17, 15) is 9.59 Å². The van der Waals surface area contributed by atoms with Crippen LogP contribution in [0.4, 0.5) is 10.5 Å². The van der Waals surface area contributed by atoms with Crippen molar-refractivity contribution in [2.24, 2.45) is 0 Å². The Morgan fingerprint density at radius 3 is 2.61 bits per heavy atom. The predicted octanol–water partition coefficient (Wildman–Crippen LogP) is 2.15. The highest BCUT2D eigenvalue weighted by atomic mass is 16.7. The Labute approximate surface area is 189 Å². The molecular weight excluding hydrogens is 436 g/mol. The lowest BCUT2D eigenvalue weighted by molar-refractivity contribution is -0.124. The van der Waals surface area contributed by atoms with Gasteiger partial charge in [-0.3, -0.25) is 15.3 Å². The minimum atomic E-state index is -0.960. The van der Waals surface area contributed by atoms with Crippen molar-refractivity contribution < 1.29 is 43.6 Å². The summed E-state index contributed by atoms with van der Waals surface area (Å²) in [6, 6.07) is 11.5. The number of amides is 2. The van der Waals surface area contributed by atoms with E-state index in [1.165, 1.54) is 18.7 Å². The fourth-order valence-corrected chi connectivity index (χ4v) is 3.00. The molecule has 0 spiro atoms. The first kappa shape index (κ1) is 23.9. The van der Waals surface area contributed by atoms with Crippen molar-refractivity contribution in [1.29, 1.82) is 0 Å². The number of carbonyl (C=O) groups excluding carboxylic acids is 2. The summed E-state index contributed by atoms with van der Waals surface area (Å²) in [5.74, 6) is 0.812. The minimum Gasteiger partial charge on any atom is -0.491 e. The molecule has 2 atom stereocenters. The number of aliphatic hydroxyl groups excluding tert-OH is 1. The number of rotatable bonds is 10. The van der Waals surface area contributed by atoms with Gasteiger partial charge in [0.25, 0.3) is 5.91 Å². The van der Waals surface area contributed by atoms with E-state index in [4.69, 9.17) is 34.0 Å². The highest BCUT2D eigenvalue weighted by molar-refractivity contribution is 5.87. The summed E-state index contributed by atoms with van der Waals surface area (Å²) < 4.78 is 26.9. The van der Waals surface area contributed by atoms with Crippen LogP contribution in [-0.2, 0) is 14.3 Å². The first-order valence-corrected chi connectivity index (χ1v) is 9.90. The van der Waals surface area contributed by atoms with E-state index in [2.05, 4.69) is 5.32 Å². The quantitative estimate of drug-likeness (QED) is 0.238. The molecule has 0 aromatic heterocycles. The maximum absolute atomic E-state index is 12.7.